The van der Waals surface area contributed by atoms with Crippen molar-refractivity contribution >= 4 is 40.4 Å². The van der Waals surface area contributed by atoms with Gasteiger partial charge in [0.2, 0.25) is 5.43 Å². The number of rotatable bonds is 7. The normalized spacial score (nSPS) is 14.1. The van der Waals surface area contributed by atoms with Gasteiger partial charge >= 0.3 is 5.97 Å². The summed E-state index contributed by atoms with van der Waals surface area (Å²) in [4.78, 5) is 42.3. The standard InChI is InChI=1S/C29H23FN4O5/c1-3-33-16-21(29(37)38)26(35)20-14-22(30)23(15-25(20)33)32-34-27(18-7-5-4-6-8-18)31-24(28(34)36)13-17-9-11-19(39-2)12-10-17/h4-16,32H,3H2,1-2H3,(H,37,38). The topological polar surface area (TPSA) is 113 Å². The SMILES string of the molecule is CCn1cc(C(=O)O)c(=O)c2cc(F)c(NN3C(=O)C(=Cc4ccc(OC)cc4)N=C3c3ccccc3)cc21. The fourth-order valence-electron chi connectivity index (χ4n) is 4.29. The van der Waals surface area contributed by atoms with Crippen LogP contribution in [0.5, 0.6) is 5.75 Å². The lowest BCUT2D eigenvalue weighted by molar-refractivity contribution is -0.121. The number of carbonyl (C=O) groups is 2. The molecule has 4 aromatic rings. The van der Waals surface area contributed by atoms with E-state index in [4.69, 9.17) is 4.74 Å². The van der Waals surface area contributed by atoms with E-state index in [0.29, 0.717) is 23.4 Å². The first-order chi connectivity index (χ1) is 18.8. The lowest BCUT2D eigenvalue weighted by Gasteiger charge is -2.21. The van der Waals surface area contributed by atoms with E-state index in [1.165, 1.54) is 16.8 Å². The number of methoxy groups -OCH3 is 1. The number of carboxylic acids is 1. The number of aromatic nitrogens is 1. The molecule has 0 saturated carbocycles. The van der Waals surface area contributed by atoms with Gasteiger partial charge in [0.05, 0.1) is 18.3 Å². The average molecular weight is 527 g/mol. The van der Waals surface area contributed by atoms with Gasteiger partial charge in [0, 0.05) is 23.7 Å². The molecule has 2 N–H and O–H groups in total. The number of hydrogen-bond acceptors (Lipinski definition) is 6. The Morgan fingerprint density at radius 3 is 2.46 bits per heavy atom. The van der Waals surface area contributed by atoms with Crippen molar-refractivity contribution in [2.24, 2.45) is 4.99 Å². The number of anilines is 1. The number of aliphatic imine (C=N–C) groups is 1. The Labute approximate surface area is 222 Å². The minimum absolute atomic E-state index is 0.0791. The minimum atomic E-state index is -1.39. The summed E-state index contributed by atoms with van der Waals surface area (Å²) in [7, 11) is 1.56. The number of aryl methyl sites for hydroxylation is 1. The van der Waals surface area contributed by atoms with Crippen molar-refractivity contribution in [1.29, 1.82) is 0 Å². The van der Waals surface area contributed by atoms with Crippen molar-refractivity contribution in [2.45, 2.75) is 13.5 Å². The van der Waals surface area contributed by atoms with E-state index in [1.807, 2.05) is 6.07 Å². The fraction of sp³-hybridized carbons (Fsp3) is 0.103. The monoisotopic (exact) mass is 526 g/mol. The second-order valence-electron chi connectivity index (χ2n) is 8.67. The summed E-state index contributed by atoms with van der Waals surface area (Å²) in [5.74, 6) is -1.82. The highest BCUT2D eigenvalue weighted by molar-refractivity contribution is 6.20. The lowest BCUT2D eigenvalue weighted by Crippen LogP contribution is -2.38. The van der Waals surface area contributed by atoms with E-state index in [1.54, 1.807) is 68.6 Å². The van der Waals surface area contributed by atoms with Crippen molar-refractivity contribution in [2.75, 3.05) is 12.5 Å². The number of carbonyl (C=O) groups excluding carboxylic acids is 1. The molecule has 0 unspecified atom stereocenters. The van der Waals surface area contributed by atoms with E-state index in [2.05, 4.69) is 10.4 Å². The highest BCUT2D eigenvalue weighted by Gasteiger charge is 2.32. The molecule has 0 saturated heterocycles. The van der Waals surface area contributed by atoms with Gasteiger partial charge in [0.25, 0.3) is 5.91 Å². The van der Waals surface area contributed by atoms with Crippen molar-refractivity contribution in [3.63, 3.8) is 0 Å². The Bertz CT molecular complexity index is 1730. The third-order valence-corrected chi connectivity index (χ3v) is 6.28. The predicted octanol–water partition coefficient (Wildman–Crippen LogP) is 4.52. The van der Waals surface area contributed by atoms with E-state index >= 15 is 4.39 Å². The van der Waals surface area contributed by atoms with Gasteiger partial charge in [-0.3, -0.25) is 15.0 Å². The molecule has 0 atom stereocenters. The Kier molecular flexibility index (Phi) is 6.68. The second kappa shape index (κ2) is 10.3. The largest absolute Gasteiger partial charge is 0.497 e. The summed E-state index contributed by atoms with van der Waals surface area (Å²) in [5.41, 5.74) is 3.28. The van der Waals surface area contributed by atoms with E-state index in [0.717, 1.165) is 16.6 Å². The average Bonchev–Trinajstić information content (AvgIpc) is 3.25. The Morgan fingerprint density at radius 1 is 1.10 bits per heavy atom. The van der Waals surface area contributed by atoms with Crippen LogP contribution in [0.4, 0.5) is 10.1 Å². The third-order valence-electron chi connectivity index (χ3n) is 6.28. The predicted molar refractivity (Wildman–Crippen MR) is 145 cm³/mol. The molecule has 9 nitrogen and oxygen atoms in total. The Morgan fingerprint density at radius 2 is 1.82 bits per heavy atom. The number of carboxylic acid groups (broad SMARTS) is 1. The van der Waals surface area contributed by atoms with Crippen LogP contribution in [0.3, 0.4) is 0 Å². The first-order valence-corrected chi connectivity index (χ1v) is 12.0. The number of amides is 1. The van der Waals surface area contributed by atoms with Gasteiger partial charge in [0.1, 0.15) is 22.8 Å². The van der Waals surface area contributed by atoms with Gasteiger partial charge in [-0.2, -0.15) is 5.01 Å². The van der Waals surface area contributed by atoms with Crippen LogP contribution >= 0.6 is 0 Å². The molecule has 1 aliphatic heterocycles. The van der Waals surface area contributed by atoms with Crippen LogP contribution in [0, 0.1) is 5.82 Å². The smallest absolute Gasteiger partial charge is 0.341 e. The summed E-state index contributed by atoms with van der Waals surface area (Å²) in [6.07, 6.45) is 2.84. The molecule has 3 aromatic carbocycles. The lowest BCUT2D eigenvalue weighted by atomic mass is 10.1. The zero-order valence-electron chi connectivity index (χ0n) is 21.0. The van der Waals surface area contributed by atoms with E-state index < -0.39 is 28.7 Å². The molecule has 196 valence electrons. The van der Waals surface area contributed by atoms with Crippen molar-refractivity contribution < 1.29 is 23.8 Å². The van der Waals surface area contributed by atoms with Crippen LogP contribution in [0.25, 0.3) is 17.0 Å². The van der Waals surface area contributed by atoms with Gasteiger partial charge in [-0.15, -0.1) is 0 Å². The number of amidine groups is 1. The number of nitrogens with zero attached hydrogens (tertiary/aromatic N) is 3. The molecule has 5 rings (SSSR count). The Hall–Kier alpha value is -5.25. The van der Waals surface area contributed by atoms with Gasteiger partial charge < -0.3 is 14.4 Å². The summed E-state index contributed by atoms with van der Waals surface area (Å²) in [5, 5.41) is 10.5. The quantitative estimate of drug-likeness (QED) is 0.342. The minimum Gasteiger partial charge on any atom is -0.497 e. The molecule has 2 heterocycles. The number of hydrogen-bond donors (Lipinski definition) is 2. The number of benzene rings is 3. The maximum absolute atomic E-state index is 15.3. The highest BCUT2D eigenvalue weighted by Crippen LogP contribution is 2.27. The van der Waals surface area contributed by atoms with E-state index in [9.17, 15) is 19.5 Å². The number of ether oxygens (including phenoxy) is 1. The molecule has 0 bridgehead atoms. The zero-order chi connectivity index (χ0) is 27.7. The number of hydrazine groups is 1. The van der Waals surface area contributed by atoms with Gasteiger partial charge in [-0.05, 0) is 42.8 Å². The summed E-state index contributed by atoms with van der Waals surface area (Å²) in [6.45, 7) is 2.10. The summed E-state index contributed by atoms with van der Waals surface area (Å²) >= 11 is 0. The van der Waals surface area contributed by atoms with Crippen LogP contribution in [0.1, 0.15) is 28.4 Å². The number of aromatic carboxylic acids is 1. The van der Waals surface area contributed by atoms with Gasteiger partial charge in [-0.25, -0.2) is 14.2 Å². The summed E-state index contributed by atoms with van der Waals surface area (Å²) < 4.78 is 22.1. The molecule has 10 heteroatoms. The maximum Gasteiger partial charge on any atom is 0.341 e. The molecule has 0 aliphatic carbocycles. The maximum atomic E-state index is 15.3. The number of fused-ring (bicyclic) bond motifs is 1. The van der Waals surface area contributed by atoms with Crippen LogP contribution in [0.2, 0.25) is 0 Å². The van der Waals surface area contributed by atoms with Crippen LogP contribution in [0.15, 0.2) is 88.4 Å². The Balaban J connectivity index is 1.59. The van der Waals surface area contributed by atoms with E-state index in [-0.39, 0.29) is 22.6 Å². The number of halogens is 1. The molecule has 0 spiro atoms. The number of nitrogens with one attached hydrogen (secondary N) is 1. The van der Waals surface area contributed by atoms with Gasteiger partial charge in [-0.1, -0.05) is 42.5 Å². The molecule has 1 aromatic heterocycles. The van der Waals surface area contributed by atoms with Crippen LogP contribution < -0.4 is 15.6 Å². The highest BCUT2D eigenvalue weighted by atomic mass is 19.1. The molecule has 39 heavy (non-hydrogen) atoms. The molecule has 1 amide bonds. The molecular formula is C29H23FN4O5. The second-order valence-corrected chi connectivity index (χ2v) is 8.67. The molecule has 1 aliphatic rings. The van der Waals surface area contributed by atoms with Crippen LogP contribution in [-0.2, 0) is 11.3 Å². The third kappa shape index (κ3) is 4.75. The van der Waals surface area contributed by atoms with Gasteiger partial charge in [0.15, 0.2) is 5.84 Å². The zero-order valence-corrected chi connectivity index (χ0v) is 21.0. The first-order valence-electron chi connectivity index (χ1n) is 12.0. The number of pyridine rings is 1. The van der Waals surface area contributed by atoms with Crippen molar-refractivity contribution in [3.8, 4) is 5.75 Å². The van der Waals surface area contributed by atoms with Crippen molar-refractivity contribution in [1.82, 2.24) is 9.58 Å². The van der Waals surface area contributed by atoms with Crippen LogP contribution in [-0.4, -0.2) is 39.5 Å². The molecular weight excluding hydrogens is 503 g/mol. The first kappa shape index (κ1) is 25.4. The molecule has 0 fully saturated rings. The molecule has 0 radical (unpaired) electrons. The summed E-state index contributed by atoms with van der Waals surface area (Å²) in [6, 6.07) is 18.4. The fourth-order valence-corrected chi connectivity index (χ4v) is 4.29. The van der Waals surface area contributed by atoms with Crippen molar-refractivity contribution in [3.05, 3.63) is 111 Å².